The van der Waals surface area contributed by atoms with Crippen molar-refractivity contribution in [2.24, 2.45) is 0 Å². The molecule has 2 amide bonds. The molecule has 11 heteroatoms. The number of fused-ring (bicyclic) bond motifs is 2. The summed E-state index contributed by atoms with van der Waals surface area (Å²) in [7, 11) is 0. The highest BCUT2D eigenvalue weighted by molar-refractivity contribution is 9.10. The lowest BCUT2D eigenvalue weighted by molar-refractivity contribution is -0.127. The maximum atomic E-state index is 13.8. The van der Waals surface area contributed by atoms with Gasteiger partial charge in [0.05, 0.1) is 22.7 Å². The second-order valence-corrected chi connectivity index (χ2v) is 12.9. The van der Waals surface area contributed by atoms with E-state index in [4.69, 9.17) is 30.5 Å². The van der Waals surface area contributed by atoms with Crippen molar-refractivity contribution in [3.63, 3.8) is 0 Å². The van der Waals surface area contributed by atoms with Gasteiger partial charge in [-0.05, 0) is 84.5 Å². The van der Waals surface area contributed by atoms with Gasteiger partial charge in [0.25, 0.3) is 5.91 Å². The lowest BCUT2D eigenvalue weighted by Gasteiger charge is -2.30. The predicted octanol–water partition coefficient (Wildman–Crippen LogP) is 6.36. The van der Waals surface area contributed by atoms with E-state index in [1.54, 1.807) is 35.2 Å². The molecule has 0 bridgehead atoms. The normalized spacial score (nSPS) is 14.2. The molecule has 48 heavy (non-hydrogen) atoms. The van der Waals surface area contributed by atoms with Crippen LogP contribution < -0.4 is 24.3 Å². The van der Waals surface area contributed by atoms with Gasteiger partial charge in [0.2, 0.25) is 19.5 Å². The summed E-state index contributed by atoms with van der Waals surface area (Å²) in [5, 5.41) is 15.0. The average Bonchev–Trinajstić information content (AvgIpc) is 3.74. The number of nitrogens with zero attached hydrogens (tertiary/aromatic N) is 1. The van der Waals surface area contributed by atoms with Crippen LogP contribution >= 0.6 is 27.5 Å². The van der Waals surface area contributed by atoms with E-state index in [9.17, 15) is 14.7 Å². The number of carbonyl (C=O) groups excluding carboxylic acids is 2. The molecule has 0 saturated heterocycles. The molecular formula is C37H34BrClN2O7. The van der Waals surface area contributed by atoms with Crippen LogP contribution in [0.5, 0.6) is 23.0 Å². The van der Waals surface area contributed by atoms with Crippen LogP contribution in [0.15, 0.2) is 89.4 Å². The van der Waals surface area contributed by atoms with Crippen molar-refractivity contribution >= 4 is 45.4 Å². The summed E-state index contributed by atoms with van der Waals surface area (Å²) in [5.74, 6) is 1.81. The lowest BCUT2D eigenvalue weighted by atomic mass is 9.99. The van der Waals surface area contributed by atoms with Crippen molar-refractivity contribution in [3.05, 3.63) is 122 Å². The zero-order chi connectivity index (χ0) is 33.6. The molecule has 2 unspecified atom stereocenters. The highest BCUT2D eigenvalue weighted by atomic mass is 79.9. The molecule has 2 heterocycles. The minimum atomic E-state index is -1.12. The number of nitrogens with one attached hydrogen (secondary N) is 1. The number of hydrogen-bond donors (Lipinski definition) is 2. The Morgan fingerprint density at radius 3 is 2.38 bits per heavy atom. The van der Waals surface area contributed by atoms with Gasteiger partial charge < -0.3 is 34.3 Å². The zero-order valence-corrected chi connectivity index (χ0v) is 28.5. The van der Waals surface area contributed by atoms with Crippen molar-refractivity contribution < 1.29 is 33.6 Å². The van der Waals surface area contributed by atoms with Crippen molar-refractivity contribution in [1.82, 2.24) is 10.2 Å². The van der Waals surface area contributed by atoms with Crippen LogP contribution in [-0.2, 0) is 17.6 Å². The first-order chi connectivity index (χ1) is 23.2. The van der Waals surface area contributed by atoms with E-state index in [1.165, 1.54) is 6.08 Å². The molecule has 9 nitrogen and oxygen atoms in total. The maximum Gasteiger partial charge on any atom is 0.253 e. The number of carbonyl (C=O) groups is 2. The van der Waals surface area contributed by atoms with Gasteiger partial charge in [-0.15, -0.1) is 0 Å². The fourth-order valence-electron chi connectivity index (χ4n) is 5.53. The van der Waals surface area contributed by atoms with Crippen molar-refractivity contribution in [3.8, 4) is 23.0 Å². The van der Waals surface area contributed by atoms with E-state index in [-0.39, 0.29) is 32.6 Å². The average molecular weight is 734 g/mol. The molecule has 0 radical (unpaired) electrons. The first-order valence-electron chi connectivity index (χ1n) is 15.5. The third-order valence-corrected chi connectivity index (χ3v) is 9.17. The van der Waals surface area contributed by atoms with Gasteiger partial charge in [-0.1, -0.05) is 70.0 Å². The molecule has 0 saturated carbocycles. The predicted molar refractivity (Wildman–Crippen MR) is 186 cm³/mol. The fraction of sp³-hybridized carbons (Fsp3) is 0.243. The summed E-state index contributed by atoms with van der Waals surface area (Å²) < 4.78 is 22.7. The molecule has 4 aromatic carbocycles. The number of aryl methyl sites for hydroxylation is 1. The number of hydrogen-bond acceptors (Lipinski definition) is 7. The number of aliphatic hydroxyl groups excluding tert-OH is 1. The van der Waals surface area contributed by atoms with Crippen LogP contribution in [0.2, 0.25) is 5.02 Å². The van der Waals surface area contributed by atoms with Gasteiger partial charge in [0.15, 0.2) is 23.0 Å². The molecule has 6 rings (SSSR count). The number of ether oxygens (including phenoxy) is 4. The molecule has 0 spiro atoms. The molecule has 2 aliphatic heterocycles. The van der Waals surface area contributed by atoms with E-state index in [0.717, 1.165) is 26.7 Å². The molecule has 2 atom stereocenters. The summed E-state index contributed by atoms with van der Waals surface area (Å²) in [6.07, 6.45) is 2.86. The minimum Gasteiger partial charge on any atom is -0.454 e. The van der Waals surface area contributed by atoms with E-state index in [0.29, 0.717) is 46.4 Å². The quantitative estimate of drug-likeness (QED) is 0.164. The summed E-state index contributed by atoms with van der Waals surface area (Å²) >= 11 is 9.96. The number of benzene rings is 4. The second-order valence-electron chi connectivity index (χ2n) is 11.6. The molecule has 0 aliphatic carbocycles. The Kier molecular flexibility index (Phi) is 10.5. The topological polar surface area (TPSA) is 107 Å². The van der Waals surface area contributed by atoms with Gasteiger partial charge >= 0.3 is 0 Å². The van der Waals surface area contributed by atoms with E-state index < -0.39 is 18.1 Å². The van der Waals surface area contributed by atoms with Crippen LogP contribution in [0.25, 0.3) is 6.08 Å². The van der Waals surface area contributed by atoms with Crippen LogP contribution in [-0.4, -0.2) is 60.6 Å². The molecule has 4 aromatic rings. The first-order valence-corrected chi connectivity index (χ1v) is 16.6. The van der Waals surface area contributed by atoms with Gasteiger partial charge in [-0.3, -0.25) is 9.59 Å². The van der Waals surface area contributed by atoms with Crippen LogP contribution in [0.4, 0.5) is 0 Å². The van der Waals surface area contributed by atoms with E-state index in [1.807, 2.05) is 61.5 Å². The second kappa shape index (κ2) is 15.1. The Morgan fingerprint density at radius 1 is 0.917 bits per heavy atom. The Morgan fingerprint density at radius 2 is 1.62 bits per heavy atom. The Hall–Kier alpha value is -4.51. The Labute approximate surface area is 292 Å². The maximum absolute atomic E-state index is 13.8. The summed E-state index contributed by atoms with van der Waals surface area (Å²) in [6, 6.07) is 23.3. The Bertz CT molecular complexity index is 1830. The van der Waals surface area contributed by atoms with Crippen molar-refractivity contribution in [2.45, 2.75) is 31.9 Å². The lowest BCUT2D eigenvalue weighted by Crippen LogP contribution is -2.50. The molecule has 2 aliphatic rings. The monoisotopic (exact) mass is 732 g/mol. The van der Waals surface area contributed by atoms with Gasteiger partial charge in [0, 0.05) is 23.6 Å². The first kappa shape index (κ1) is 33.4. The SMILES string of the molecule is Cc1ccc(C(=O)NC(Cc2ccccc2)C(O)CN(CCc2ccc3c(c2)OCO3)C(=O)/C=C/c2cc3c(cc2Br)OCO3)c(Cl)c1. The highest BCUT2D eigenvalue weighted by Crippen LogP contribution is 2.37. The van der Waals surface area contributed by atoms with Crippen LogP contribution in [0.3, 0.4) is 0 Å². The number of rotatable bonds is 12. The van der Waals surface area contributed by atoms with Crippen molar-refractivity contribution in [2.75, 3.05) is 26.7 Å². The third kappa shape index (κ3) is 8.13. The summed E-state index contributed by atoms with van der Waals surface area (Å²) in [4.78, 5) is 28.8. The zero-order valence-electron chi connectivity index (χ0n) is 26.2. The van der Waals surface area contributed by atoms with Gasteiger partial charge in [0.1, 0.15) is 0 Å². The molecule has 2 N–H and O–H groups in total. The Balaban J connectivity index is 1.24. The smallest absolute Gasteiger partial charge is 0.253 e. The molecule has 0 aromatic heterocycles. The largest absolute Gasteiger partial charge is 0.454 e. The highest BCUT2D eigenvalue weighted by Gasteiger charge is 2.27. The number of amides is 2. The number of aliphatic hydroxyl groups is 1. The minimum absolute atomic E-state index is 0.0462. The standard InChI is InChI=1S/C37H34BrClN2O7/c1-23-7-10-27(29(39)15-23)37(44)40-30(16-24-5-3-2-4-6-24)31(42)20-41(14-13-25-8-11-32-33(17-25)46-21-45-32)36(43)12-9-26-18-34-35(19-28(26)38)48-22-47-34/h2-12,15,17-19,30-31,42H,13-14,16,20-22H2,1H3,(H,40,44)/b12-9+. The van der Waals surface area contributed by atoms with Crippen molar-refractivity contribution in [1.29, 1.82) is 0 Å². The van der Waals surface area contributed by atoms with Crippen LogP contribution in [0.1, 0.15) is 32.6 Å². The van der Waals surface area contributed by atoms with Gasteiger partial charge in [-0.25, -0.2) is 0 Å². The molecule has 0 fully saturated rings. The number of halogens is 2. The third-order valence-electron chi connectivity index (χ3n) is 8.17. The van der Waals surface area contributed by atoms with E-state index in [2.05, 4.69) is 21.2 Å². The van der Waals surface area contributed by atoms with E-state index >= 15 is 0 Å². The van der Waals surface area contributed by atoms with Gasteiger partial charge in [-0.2, -0.15) is 0 Å². The van der Waals surface area contributed by atoms with Crippen LogP contribution in [0, 0.1) is 6.92 Å². The molecule has 248 valence electrons. The fourth-order valence-corrected chi connectivity index (χ4v) is 6.31. The summed E-state index contributed by atoms with van der Waals surface area (Å²) in [5.41, 5.74) is 3.82. The molecular weight excluding hydrogens is 700 g/mol. The summed E-state index contributed by atoms with van der Waals surface area (Å²) in [6.45, 7) is 2.44.